The highest BCUT2D eigenvalue weighted by Gasteiger charge is 2.20. The zero-order valence-corrected chi connectivity index (χ0v) is 13.9. The number of methoxy groups -OCH3 is 1. The summed E-state index contributed by atoms with van der Waals surface area (Å²) in [4.78, 5) is 27.3. The normalized spacial score (nSPS) is 15.3. The molecule has 2 amide bonds. The molecule has 0 atom stereocenters. The minimum atomic E-state index is -0.267. The standard InChI is InChI=1S/C17H25N3O3/c1-14-4-3-5-15(12-14)13-16(21)18-6-7-19-8-10-20(11-9-19)17(22)23-2/h3-5,12H,6-11,13H2,1-2H3,(H,18,21). The number of hydrogen-bond donors (Lipinski definition) is 1. The first-order valence-corrected chi connectivity index (χ1v) is 7.96. The monoisotopic (exact) mass is 319 g/mol. The van der Waals surface area contributed by atoms with E-state index in [1.807, 2.05) is 31.2 Å². The van der Waals surface area contributed by atoms with Crippen LogP contribution >= 0.6 is 0 Å². The van der Waals surface area contributed by atoms with Gasteiger partial charge in [0.05, 0.1) is 13.5 Å². The first kappa shape index (κ1) is 17.3. The molecule has 0 spiro atoms. The van der Waals surface area contributed by atoms with Gasteiger partial charge in [-0.15, -0.1) is 0 Å². The fourth-order valence-electron chi connectivity index (χ4n) is 2.71. The van der Waals surface area contributed by atoms with E-state index in [0.29, 0.717) is 26.1 Å². The molecule has 1 N–H and O–H groups in total. The Morgan fingerprint density at radius 3 is 2.61 bits per heavy atom. The largest absolute Gasteiger partial charge is 0.453 e. The van der Waals surface area contributed by atoms with Crippen molar-refractivity contribution in [3.8, 4) is 0 Å². The summed E-state index contributed by atoms with van der Waals surface area (Å²) in [6, 6.07) is 8.00. The molecule has 1 fully saturated rings. The van der Waals surface area contributed by atoms with Gasteiger partial charge in [0.1, 0.15) is 0 Å². The minimum Gasteiger partial charge on any atom is -0.453 e. The van der Waals surface area contributed by atoms with Gasteiger partial charge in [-0.2, -0.15) is 0 Å². The Kier molecular flexibility index (Phi) is 6.40. The molecule has 0 aliphatic carbocycles. The molecule has 0 bridgehead atoms. The van der Waals surface area contributed by atoms with E-state index < -0.39 is 0 Å². The number of ether oxygens (including phenoxy) is 1. The van der Waals surface area contributed by atoms with E-state index in [2.05, 4.69) is 10.2 Å². The maximum Gasteiger partial charge on any atom is 0.409 e. The topological polar surface area (TPSA) is 61.9 Å². The molecule has 1 heterocycles. The van der Waals surface area contributed by atoms with E-state index in [1.165, 1.54) is 12.7 Å². The number of carbonyl (C=O) groups is 2. The number of nitrogens with one attached hydrogen (secondary N) is 1. The van der Waals surface area contributed by atoms with Crippen molar-refractivity contribution in [1.29, 1.82) is 0 Å². The van der Waals surface area contributed by atoms with Crippen LogP contribution in [0.4, 0.5) is 4.79 Å². The fourth-order valence-corrected chi connectivity index (χ4v) is 2.71. The molecular formula is C17H25N3O3. The number of aryl methyl sites for hydroxylation is 1. The summed E-state index contributed by atoms with van der Waals surface area (Å²) in [5.74, 6) is 0.0452. The van der Waals surface area contributed by atoms with Crippen molar-refractivity contribution < 1.29 is 14.3 Å². The number of amides is 2. The van der Waals surface area contributed by atoms with Crippen molar-refractivity contribution in [1.82, 2.24) is 15.1 Å². The van der Waals surface area contributed by atoms with Crippen molar-refractivity contribution >= 4 is 12.0 Å². The number of nitrogens with zero attached hydrogens (tertiary/aromatic N) is 2. The molecule has 1 aliphatic rings. The summed E-state index contributed by atoms with van der Waals surface area (Å²) in [7, 11) is 1.40. The van der Waals surface area contributed by atoms with Crippen molar-refractivity contribution in [3.05, 3.63) is 35.4 Å². The lowest BCUT2D eigenvalue weighted by molar-refractivity contribution is -0.120. The molecule has 23 heavy (non-hydrogen) atoms. The molecule has 1 aromatic rings. The van der Waals surface area contributed by atoms with Crippen molar-refractivity contribution in [2.75, 3.05) is 46.4 Å². The van der Waals surface area contributed by atoms with Gasteiger partial charge in [-0.05, 0) is 12.5 Å². The second kappa shape index (κ2) is 8.53. The van der Waals surface area contributed by atoms with Crippen LogP contribution in [0.2, 0.25) is 0 Å². The molecule has 6 heteroatoms. The summed E-state index contributed by atoms with van der Waals surface area (Å²) < 4.78 is 4.71. The molecular weight excluding hydrogens is 294 g/mol. The first-order valence-electron chi connectivity index (χ1n) is 7.96. The summed E-state index contributed by atoms with van der Waals surface area (Å²) in [6.45, 7) is 6.41. The Morgan fingerprint density at radius 2 is 1.96 bits per heavy atom. The zero-order chi connectivity index (χ0) is 16.7. The van der Waals surface area contributed by atoms with Crippen molar-refractivity contribution in [2.45, 2.75) is 13.3 Å². The highest BCUT2D eigenvalue weighted by Crippen LogP contribution is 2.05. The van der Waals surface area contributed by atoms with Gasteiger partial charge in [0.15, 0.2) is 0 Å². The van der Waals surface area contributed by atoms with Gasteiger partial charge in [-0.1, -0.05) is 29.8 Å². The lowest BCUT2D eigenvalue weighted by Gasteiger charge is -2.33. The molecule has 1 aliphatic heterocycles. The van der Waals surface area contributed by atoms with Gasteiger partial charge in [-0.3, -0.25) is 9.69 Å². The Morgan fingerprint density at radius 1 is 1.22 bits per heavy atom. The Hall–Kier alpha value is -2.08. The second-order valence-electron chi connectivity index (χ2n) is 5.81. The van der Waals surface area contributed by atoms with Gasteiger partial charge in [0.2, 0.25) is 5.91 Å². The smallest absolute Gasteiger partial charge is 0.409 e. The van der Waals surface area contributed by atoms with E-state index in [9.17, 15) is 9.59 Å². The highest BCUT2D eigenvalue weighted by molar-refractivity contribution is 5.78. The molecule has 0 unspecified atom stereocenters. The molecule has 2 rings (SSSR count). The summed E-state index contributed by atoms with van der Waals surface area (Å²) in [6.07, 6.45) is 0.147. The van der Waals surface area contributed by atoms with E-state index in [0.717, 1.165) is 25.2 Å². The molecule has 1 aromatic carbocycles. The summed E-state index contributed by atoms with van der Waals surface area (Å²) in [5, 5.41) is 2.96. The molecule has 126 valence electrons. The number of piperazine rings is 1. The van der Waals surface area contributed by atoms with Gasteiger partial charge in [0.25, 0.3) is 0 Å². The maximum absolute atomic E-state index is 11.9. The number of hydrogen-bond acceptors (Lipinski definition) is 4. The molecule has 6 nitrogen and oxygen atoms in total. The van der Waals surface area contributed by atoms with E-state index in [-0.39, 0.29) is 12.0 Å². The van der Waals surface area contributed by atoms with Crippen LogP contribution in [-0.4, -0.2) is 68.2 Å². The maximum atomic E-state index is 11.9. The van der Waals surface area contributed by atoms with Gasteiger partial charge in [0, 0.05) is 39.3 Å². The van der Waals surface area contributed by atoms with Crippen molar-refractivity contribution in [3.63, 3.8) is 0 Å². The number of benzene rings is 1. The predicted molar refractivity (Wildman–Crippen MR) is 88.3 cm³/mol. The number of carbonyl (C=O) groups excluding carboxylic acids is 2. The zero-order valence-electron chi connectivity index (χ0n) is 13.9. The minimum absolute atomic E-state index is 0.0452. The van der Waals surface area contributed by atoms with Crippen LogP contribution in [0.1, 0.15) is 11.1 Å². The summed E-state index contributed by atoms with van der Waals surface area (Å²) >= 11 is 0. The van der Waals surface area contributed by atoms with E-state index in [1.54, 1.807) is 4.90 Å². The molecule has 0 saturated carbocycles. The third-order valence-electron chi connectivity index (χ3n) is 4.00. The van der Waals surface area contributed by atoms with Crippen LogP contribution in [-0.2, 0) is 16.0 Å². The average Bonchev–Trinajstić information content (AvgIpc) is 2.55. The van der Waals surface area contributed by atoms with E-state index in [4.69, 9.17) is 4.74 Å². The van der Waals surface area contributed by atoms with Crippen LogP contribution in [0.3, 0.4) is 0 Å². The van der Waals surface area contributed by atoms with Crippen LogP contribution in [0.15, 0.2) is 24.3 Å². The highest BCUT2D eigenvalue weighted by atomic mass is 16.5. The molecule has 0 radical (unpaired) electrons. The van der Waals surface area contributed by atoms with Crippen LogP contribution in [0.25, 0.3) is 0 Å². The second-order valence-corrected chi connectivity index (χ2v) is 5.81. The van der Waals surface area contributed by atoms with Crippen LogP contribution in [0, 0.1) is 6.92 Å². The van der Waals surface area contributed by atoms with Crippen LogP contribution < -0.4 is 5.32 Å². The average molecular weight is 319 g/mol. The first-order chi connectivity index (χ1) is 11.1. The summed E-state index contributed by atoms with van der Waals surface area (Å²) in [5.41, 5.74) is 2.20. The SMILES string of the molecule is COC(=O)N1CCN(CCNC(=O)Cc2cccc(C)c2)CC1. The lowest BCUT2D eigenvalue weighted by atomic mass is 10.1. The quantitative estimate of drug-likeness (QED) is 0.881. The molecule has 1 saturated heterocycles. The van der Waals surface area contributed by atoms with Crippen molar-refractivity contribution in [2.24, 2.45) is 0 Å². The van der Waals surface area contributed by atoms with Gasteiger partial charge >= 0.3 is 6.09 Å². The number of rotatable bonds is 5. The van der Waals surface area contributed by atoms with Crippen LogP contribution in [0.5, 0.6) is 0 Å². The van der Waals surface area contributed by atoms with Gasteiger partial charge < -0.3 is 15.0 Å². The molecule has 0 aromatic heterocycles. The van der Waals surface area contributed by atoms with Gasteiger partial charge in [-0.25, -0.2) is 4.79 Å². The third-order valence-corrected chi connectivity index (χ3v) is 4.00. The Balaban J connectivity index is 1.64. The van der Waals surface area contributed by atoms with E-state index >= 15 is 0 Å². The fraction of sp³-hybridized carbons (Fsp3) is 0.529. The predicted octanol–water partition coefficient (Wildman–Crippen LogP) is 1.04. The Labute approximate surface area is 137 Å². The lowest BCUT2D eigenvalue weighted by Crippen LogP contribution is -2.50. The third kappa shape index (κ3) is 5.56. The Bertz CT molecular complexity index is 540.